The molecule has 1 N–H and O–H groups in total. The molecule has 0 aliphatic heterocycles. The Morgan fingerprint density at radius 2 is 1.78 bits per heavy atom. The van der Waals surface area contributed by atoms with Gasteiger partial charge in [-0.25, -0.2) is 4.79 Å². The van der Waals surface area contributed by atoms with Crippen LogP contribution >= 0.6 is 11.8 Å². The zero-order valence-corrected chi connectivity index (χ0v) is 13.0. The predicted molar refractivity (Wildman–Crippen MR) is 88.1 cm³/mol. The highest BCUT2D eigenvalue weighted by Gasteiger charge is 2.11. The van der Waals surface area contributed by atoms with Gasteiger partial charge < -0.3 is 10.1 Å². The minimum Gasteiger partial charge on any atom is -0.452 e. The normalized spacial score (nSPS) is 9.70. The van der Waals surface area contributed by atoms with E-state index in [1.165, 1.54) is 11.8 Å². The van der Waals surface area contributed by atoms with E-state index in [1.807, 2.05) is 18.2 Å². The number of benzene rings is 2. The van der Waals surface area contributed by atoms with Crippen LogP contribution in [0, 0.1) is 11.3 Å². The molecule has 2 rings (SSSR count). The van der Waals surface area contributed by atoms with Crippen LogP contribution in [0.1, 0.15) is 10.4 Å². The number of esters is 1. The Hall–Kier alpha value is -2.78. The second-order valence-electron chi connectivity index (χ2n) is 4.43. The first-order chi connectivity index (χ1) is 11.2. The van der Waals surface area contributed by atoms with Gasteiger partial charge in [-0.2, -0.15) is 5.26 Å². The van der Waals surface area contributed by atoms with Crippen molar-refractivity contribution in [3.05, 3.63) is 60.2 Å². The van der Waals surface area contributed by atoms with Crippen molar-refractivity contribution in [2.75, 3.05) is 17.7 Å². The number of nitrogens with one attached hydrogen (secondary N) is 1. The lowest BCUT2D eigenvalue weighted by Gasteiger charge is -2.10. The molecule has 0 aromatic heterocycles. The van der Waals surface area contributed by atoms with Crippen molar-refractivity contribution < 1.29 is 14.3 Å². The highest BCUT2D eigenvalue weighted by atomic mass is 32.2. The second-order valence-corrected chi connectivity index (χ2v) is 5.45. The molecule has 0 heterocycles. The van der Waals surface area contributed by atoms with Crippen molar-refractivity contribution in [3.8, 4) is 6.07 Å². The van der Waals surface area contributed by atoms with Crippen LogP contribution < -0.4 is 5.32 Å². The van der Waals surface area contributed by atoms with Crippen LogP contribution in [0.5, 0.6) is 0 Å². The van der Waals surface area contributed by atoms with Crippen LogP contribution in [0.4, 0.5) is 5.69 Å². The van der Waals surface area contributed by atoms with Crippen LogP contribution in [0.2, 0.25) is 0 Å². The number of nitrogens with zero attached hydrogens (tertiary/aromatic N) is 1. The third-order valence-corrected chi connectivity index (χ3v) is 3.74. The van der Waals surface area contributed by atoms with Crippen molar-refractivity contribution in [2.45, 2.75) is 4.90 Å². The fourth-order valence-corrected chi connectivity index (χ4v) is 2.45. The van der Waals surface area contributed by atoms with Crippen molar-refractivity contribution in [1.29, 1.82) is 5.26 Å². The maximum Gasteiger partial charge on any atom is 0.338 e. The Balaban J connectivity index is 1.90. The van der Waals surface area contributed by atoms with Crippen molar-refractivity contribution >= 4 is 29.3 Å². The van der Waals surface area contributed by atoms with Crippen LogP contribution in [0.15, 0.2) is 59.5 Å². The number of carbonyl (C=O) groups excluding carboxylic acids is 2. The Morgan fingerprint density at radius 3 is 2.52 bits per heavy atom. The molecule has 0 fully saturated rings. The first kappa shape index (κ1) is 16.6. The van der Waals surface area contributed by atoms with Gasteiger partial charge in [0.2, 0.25) is 0 Å². The van der Waals surface area contributed by atoms with Crippen LogP contribution in [-0.4, -0.2) is 24.2 Å². The number of anilines is 1. The molecule has 23 heavy (non-hydrogen) atoms. The average Bonchev–Trinajstić information content (AvgIpc) is 2.59. The average molecular weight is 326 g/mol. The summed E-state index contributed by atoms with van der Waals surface area (Å²) in [6.45, 7) is -0.370. The lowest BCUT2D eigenvalue weighted by atomic mass is 10.2. The minimum atomic E-state index is -0.548. The van der Waals surface area contributed by atoms with E-state index < -0.39 is 11.9 Å². The summed E-state index contributed by atoms with van der Waals surface area (Å²) in [6, 6.07) is 17.7. The predicted octanol–water partition coefficient (Wildman–Crippen LogP) is 3.10. The first-order valence-corrected chi connectivity index (χ1v) is 7.80. The maximum atomic E-state index is 11.9. The van der Waals surface area contributed by atoms with Gasteiger partial charge in [0.25, 0.3) is 5.91 Å². The molecule has 0 aliphatic carbocycles. The van der Waals surface area contributed by atoms with Gasteiger partial charge in [0.1, 0.15) is 0 Å². The van der Waals surface area contributed by atoms with E-state index in [0.717, 1.165) is 4.90 Å². The zero-order valence-electron chi connectivity index (χ0n) is 12.2. The molecule has 0 bridgehead atoms. The number of ether oxygens (including phenoxy) is 1. The molecule has 0 atom stereocenters. The monoisotopic (exact) mass is 326 g/mol. The van der Waals surface area contributed by atoms with E-state index in [9.17, 15) is 9.59 Å². The van der Waals surface area contributed by atoms with Crippen LogP contribution in [0.3, 0.4) is 0 Å². The third-order valence-electron chi connectivity index (χ3n) is 2.80. The lowest BCUT2D eigenvalue weighted by Crippen LogP contribution is -2.21. The summed E-state index contributed by atoms with van der Waals surface area (Å²) >= 11 is 1.33. The van der Waals surface area contributed by atoms with Gasteiger partial charge in [0, 0.05) is 4.90 Å². The molecule has 6 heteroatoms. The summed E-state index contributed by atoms with van der Waals surface area (Å²) in [7, 11) is 0. The zero-order chi connectivity index (χ0) is 16.5. The summed E-state index contributed by atoms with van der Waals surface area (Å²) < 4.78 is 4.97. The van der Waals surface area contributed by atoms with Crippen molar-refractivity contribution in [3.63, 3.8) is 0 Å². The smallest absolute Gasteiger partial charge is 0.338 e. The van der Waals surface area contributed by atoms with Gasteiger partial charge in [-0.3, -0.25) is 4.79 Å². The quantitative estimate of drug-likeness (QED) is 0.652. The van der Waals surface area contributed by atoms with E-state index in [4.69, 9.17) is 10.00 Å². The highest BCUT2D eigenvalue weighted by molar-refractivity contribution is 7.99. The van der Waals surface area contributed by atoms with E-state index in [0.29, 0.717) is 11.3 Å². The molecule has 0 unspecified atom stereocenters. The SMILES string of the molecule is N#CCSc1ccccc1NC(=O)COC(=O)c1ccccc1. The first-order valence-electron chi connectivity index (χ1n) is 6.81. The van der Waals surface area contributed by atoms with Gasteiger partial charge in [-0.15, -0.1) is 11.8 Å². The number of nitriles is 1. The minimum absolute atomic E-state index is 0.288. The van der Waals surface area contributed by atoms with Gasteiger partial charge in [0.15, 0.2) is 6.61 Å². The van der Waals surface area contributed by atoms with Crippen LogP contribution in [-0.2, 0) is 9.53 Å². The number of hydrogen-bond donors (Lipinski definition) is 1. The molecule has 0 radical (unpaired) electrons. The highest BCUT2D eigenvalue weighted by Crippen LogP contribution is 2.26. The van der Waals surface area contributed by atoms with E-state index >= 15 is 0 Å². The Bertz CT molecular complexity index is 726. The molecule has 2 aromatic carbocycles. The van der Waals surface area contributed by atoms with Crippen molar-refractivity contribution in [2.24, 2.45) is 0 Å². The summed E-state index contributed by atoms with van der Waals surface area (Å²) in [4.78, 5) is 24.5. The number of thioether (sulfide) groups is 1. The Morgan fingerprint density at radius 1 is 1.09 bits per heavy atom. The molecular formula is C17H14N2O3S. The second kappa shape index (κ2) is 8.61. The number of rotatable bonds is 6. The molecule has 0 aliphatic rings. The fraction of sp³-hybridized carbons (Fsp3) is 0.118. The number of amides is 1. The van der Waals surface area contributed by atoms with Gasteiger partial charge in [-0.1, -0.05) is 30.3 Å². The Kier molecular flexibility index (Phi) is 6.21. The van der Waals surface area contributed by atoms with Gasteiger partial charge in [0.05, 0.1) is 23.1 Å². The summed E-state index contributed by atoms with van der Waals surface area (Å²) in [5.41, 5.74) is 0.985. The van der Waals surface area contributed by atoms with E-state index in [1.54, 1.807) is 42.5 Å². The molecule has 0 spiro atoms. The van der Waals surface area contributed by atoms with E-state index in [2.05, 4.69) is 5.32 Å². The number of carbonyl (C=O) groups is 2. The largest absolute Gasteiger partial charge is 0.452 e. The summed E-state index contributed by atoms with van der Waals surface area (Å²) in [5.74, 6) is -0.692. The van der Waals surface area contributed by atoms with E-state index in [-0.39, 0.29) is 12.4 Å². The third kappa shape index (κ3) is 5.16. The number of para-hydroxylation sites is 1. The Labute approximate surface area is 138 Å². The molecule has 0 saturated carbocycles. The molecule has 1 amide bonds. The molecule has 0 saturated heterocycles. The number of hydrogen-bond acceptors (Lipinski definition) is 5. The maximum absolute atomic E-state index is 11.9. The molecule has 2 aromatic rings. The van der Waals surface area contributed by atoms with Gasteiger partial charge >= 0.3 is 5.97 Å². The standard InChI is InChI=1S/C17H14N2O3S/c18-10-11-23-15-9-5-4-8-14(15)19-16(20)12-22-17(21)13-6-2-1-3-7-13/h1-9H,11-12H2,(H,19,20). The summed E-state index contributed by atoms with van der Waals surface area (Å²) in [5, 5.41) is 11.3. The topological polar surface area (TPSA) is 79.2 Å². The molecule has 116 valence electrons. The molecular weight excluding hydrogens is 312 g/mol. The lowest BCUT2D eigenvalue weighted by molar-refractivity contribution is -0.119. The van der Waals surface area contributed by atoms with Gasteiger partial charge in [-0.05, 0) is 24.3 Å². The van der Waals surface area contributed by atoms with Crippen LogP contribution in [0.25, 0.3) is 0 Å². The fourth-order valence-electron chi connectivity index (χ4n) is 1.78. The molecule has 5 nitrogen and oxygen atoms in total. The summed E-state index contributed by atoms with van der Waals surface area (Å²) in [6.07, 6.45) is 0. The van der Waals surface area contributed by atoms with Crippen molar-refractivity contribution in [1.82, 2.24) is 0 Å².